The molecule has 1 fully saturated rings. The van der Waals surface area contributed by atoms with Gasteiger partial charge in [0, 0.05) is 13.1 Å². The van der Waals surface area contributed by atoms with E-state index in [1.165, 1.54) is 25.7 Å². The van der Waals surface area contributed by atoms with Crippen LogP contribution in [0.15, 0.2) is 0 Å². The maximum absolute atomic E-state index is 12.3. The second kappa shape index (κ2) is 7.13. The average Bonchev–Trinajstić information content (AvgIpc) is 2.39. The predicted octanol–water partition coefficient (Wildman–Crippen LogP) is 2.69. The fourth-order valence-electron chi connectivity index (χ4n) is 3.12. The summed E-state index contributed by atoms with van der Waals surface area (Å²) < 4.78 is 0. The monoisotopic (exact) mass is 254 g/mol. The third-order valence-electron chi connectivity index (χ3n) is 4.82. The van der Waals surface area contributed by atoms with E-state index in [4.69, 9.17) is 5.73 Å². The van der Waals surface area contributed by atoms with E-state index >= 15 is 0 Å². The minimum atomic E-state index is -0.347. The zero-order valence-electron chi connectivity index (χ0n) is 12.3. The Labute approximate surface area is 112 Å². The van der Waals surface area contributed by atoms with E-state index < -0.39 is 0 Å². The number of amides is 1. The smallest absolute Gasteiger partial charge is 0.227 e. The Hall–Kier alpha value is -0.570. The van der Waals surface area contributed by atoms with Crippen LogP contribution in [0.2, 0.25) is 0 Å². The van der Waals surface area contributed by atoms with E-state index in [1.54, 1.807) is 0 Å². The summed E-state index contributed by atoms with van der Waals surface area (Å²) in [6.45, 7) is 7.71. The first-order valence-corrected chi connectivity index (χ1v) is 7.56. The number of nitrogens with one attached hydrogen (secondary N) is 1. The van der Waals surface area contributed by atoms with Crippen LogP contribution in [0, 0.1) is 17.3 Å². The van der Waals surface area contributed by atoms with Crippen molar-refractivity contribution in [2.75, 3.05) is 13.1 Å². The largest absolute Gasteiger partial charge is 0.355 e. The fourth-order valence-corrected chi connectivity index (χ4v) is 3.12. The van der Waals surface area contributed by atoms with Gasteiger partial charge in [0.25, 0.3) is 0 Å². The highest BCUT2D eigenvalue weighted by molar-refractivity contribution is 5.82. The van der Waals surface area contributed by atoms with Crippen molar-refractivity contribution < 1.29 is 4.79 Å². The number of carbonyl (C=O) groups excluding carboxylic acids is 1. The molecule has 0 aliphatic heterocycles. The van der Waals surface area contributed by atoms with Gasteiger partial charge in [-0.2, -0.15) is 0 Å². The molecule has 0 heterocycles. The lowest BCUT2D eigenvalue weighted by Gasteiger charge is -2.31. The Morgan fingerprint density at radius 2 is 2.00 bits per heavy atom. The Morgan fingerprint density at radius 1 is 1.33 bits per heavy atom. The lowest BCUT2D eigenvalue weighted by molar-refractivity contribution is -0.131. The van der Waals surface area contributed by atoms with Crippen molar-refractivity contribution in [3.05, 3.63) is 0 Å². The van der Waals surface area contributed by atoms with Gasteiger partial charge in [-0.25, -0.2) is 0 Å². The molecule has 3 nitrogen and oxygen atoms in total. The summed E-state index contributed by atoms with van der Waals surface area (Å²) in [4.78, 5) is 12.3. The summed E-state index contributed by atoms with van der Waals surface area (Å²) in [6.07, 6.45) is 6.83. The molecule has 0 aromatic rings. The molecule has 0 saturated heterocycles. The van der Waals surface area contributed by atoms with Crippen molar-refractivity contribution in [2.24, 2.45) is 23.0 Å². The lowest BCUT2D eigenvalue weighted by atomic mass is 9.80. The van der Waals surface area contributed by atoms with E-state index in [9.17, 15) is 4.79 Å². The van der Waals surface area contributed by atoms with Gasteiger partial charge in [0.1, 0.15) is 0 Å². The zero-order valence-corrected chi connectivity index (χ0v) is 12.3. The molecule has 3 N–H and O–H groups in total. The van der Waals surface area contributed by atoms with Crippen molar-refractivity contribution in [2.45, 2.75) is 59.3 Å². The van der Waals surface area contributed by atoms with Gasteiger partial charge in [-0.1, -0.05) is 33.6 Å². The fraction of sp³-hybridized carbons (Fsp3) is 0.933. The summed E-state index contributed by atoms with van der Waals surface area (Å²) in [7, 11) is 0. The molecule has 0 aromatic carbocycles. The van der Waals surface area contributed by atoms with Crippen molar-refractivity contribution in [3.63, 3.8) is 0 Å². The number of carbonyl (C=O) groups is 1. The molecule has 0 radical (unpaired) electrons. The number of rotatable bonds is 6. The second-order valence-electron chi connectivity index (χ2n) is 6.04. The molecular formula is C15H30N2O. The first-order chi connectivity index (χ1) is 8.57. The SMILES string of the molecule is CCC(CC)(CN)C(=O)NCC1CCCC(C)C1. The molecule has 2 unspecified atom stereocenters. The van der Waals surface area contributed by atoms with E-state index in [1.807, 2.05) is 0 Å². The zero-order chi connectivity index (χ0) is 13.6. The highest BCUT2D eigenvalue weighted by atomic mass is 16.2. The van der Waals surface area contributed by atoms with Crippen LogP contribution in [0.1, 0.15) is 59.3 Å². The molecule has 1 aliphatic carbocycles. The number of nitrogens with two attached hydrogens (primary N) is 1. The van der Waals surface area contributed by atoms with E-state index in [2.05, 4.69) is 26.1 Å². The minimum Gasteiger partial charge on any atom is -0.355 e. The van der Waals surface area contributed by atoms with Gasteiger partial charge in [0.05, 0.1) is 5.41 Å². The van der Waals surface area contributed by atoms with Crippen molar-refractivity contribution >= 4 is 5.91 Å². The van der Waals surface area contributed by atoms with Crippen LogP contribution in [-0.2, 0) is 4.79 Å². The Kier molecular flexibility index (Phi) is 6.13. The quantitative estimate of drug-likeness (QED) is 0.765. The first-order valence-electron chi connectivity index (χ1n) is 7.56. The summed E-state index contributed by atoms with van der Waals surface area (Å²) in [5, 5.41) is 3.15. The van der Waals surface area contributed by atoms with Gasteiger partial charge >= 0.3 is 0 Å². The maximum Gasteiger partial charge on any atom is 0.227 e. The van der Waals surface area contributed by atoms with Crippen molar-refractivity contribution in [3.8, 4) is 0 Å². The molecule has 1 aliphatic rings. The van der Waals surface area contributed by atoms with Gasteiger partial charge in [-0.05, 0) is 37.5 Å². The molecule has 3 heteroatoms. The summed E-state index contributed by atoms with van der Waals surface area (Å²) in [6, 6.07) is 0. The molecule has 0 aromatic heterocycles. The predicted molar refractivity (Wildman–Crippen MR) is 76.2 cm³/mol. The molecule has 18 heavy (non-hydrogen) atoms. The Balaban J connectivity index is 2.44. The van der Waals surface area contributed by atoms with Crippen LogP contribution in [-0.4, -0.2) is 19.0 Å². The van der Waals surface area contributed by atoms with Crippen LogP contribution in [0.25, 0.3) is 0 Å². The molecule has 1 amide bonds. The van der Waals surface area contributed by atoms with Crippen LogP contribution >= 0.6 is 0 Å². The highest BCUT2D eigenvalue weighted by Crippen LogP contribution is 2.29. The lowest BCUT2D eigenvalue weighted by Crippen LogP contribution is -2.46. The highest BCUT2D eigenvalue weighted by Gasteiger charge is 2.33. The molecule has 0 bridgehead atoms. The van der Waals surface area contributed by atoms with E-state index in [0.29, 0.717) is 12.5 Å². The first kappa shape index (κ1) is 15.5. The van der Waals surface area contributed by atoms with Gasteiger partial charge in [-0.15, -0.1) is 0 Å². The topological polar surface area (TPSA) is 55.1 Å². The normalized spacial score (nSPS) is 24.9. The minimum absolute atomic E-state index is 0.160. The van der Waals surface area contributed by atoms with Crippen LogP contribution < -0.4 is 11.1 Å². The molecule has 1 saturated carbocycles. The standard InChI is InChI=1S/C15H30N2O/c1-4-15(5-2,11-16)14(18)17-10-13-8-6-7-12(3)9-13/h12-13H,4-11,16H2,1-3H3,(H,17,18). The summed E-state index contributed by atoms with van der Waals surface area (Å²) >= 11 is 0. The molecule has 1 rings (SSSR count). The summed E-state index contributed by atoms with van der Waals surface area (Å²) in [5.74, 6) is 1.65. The number of hydrogen-bond acceptors (Lipinski definition) is 2. The van der Waals surface area contributed by atoms with Gasteiger partial charge in [0.2, 0.25) is 5.91 Å². The summed E-state index contributed by atoms with van der Waals surface area (Å²) in [5.41, 5.74) is 5.45. The van der Waals surface area contributed by atoms with Crippen LogP contribution in [0.3, 0.4) is 0 Å². The van der Waals surface area contributed by atoms with E-state index in [0.717, 1.165) is 25.3 Å². The van der Waals surface area contributed by atoms with Gasteiger partial charge in [-0.3, -0.25) is 4.79 Å². The molecule has 106 valence electrons. The van der Waals surface area contributed by atoms with Gasteiger partial charge in [0.15, 0.2) is 0 Å². The van der Waals surface area contributed by atoms with Gasteiger partial charge < -0.3 is 11.1 Å². The Bertz CT molecular complexity index is 253. The van der Waals surface area contributed by atoms with Crippen molar-refractivity contribution in [1.29, 1.82) is 0 Å². The average molecular weight is 254 g/mol. The van der Waals surface area contributed by atoms with E-state index in [-0.39, 0.29) is 11.3 Å². The third kappa shape index (κ3) is 3.71. The van der Waals surface area contributed by atoms with Crippen LogP contribution in [0.4, 0.5) is 0 Å². The maximum atomic E-state index is 12.3. The second-order valence-corrected chi connectivity index (χ2v) is 6.04. The van der Waals surface area contributed by atoms with Crippen LogP contribution in [0.5, 0.6) is 0 Å². The molecule has 0 spiro atoms. The Morgan fingerprint density at radius 3 is 2.50 bits per heavy atom. The number of hydrogen-bond donors (Lipinski definition) is 2. The third-order valence-corrected chi connectivity index (χ3v) is 4.82. The molecular weight excluding hydrogens is 224 g/mol. The van der Waals surface area contributed by atoms with Crippen molar-refractivity contribution in [1.82, 2.24) is 5.32 Å². The molecule has 2 atom stereocenters.